The van der Waals surface area contributed by atoms with E-state index in [1.807, 2.05) is 61.5 Å². The molecule has 0 heterocycles. The van der Waals surface area contributed by atoms with Crippen molar-refractivity contribution in [1.29, 1.82) is 0 Å². The Morgan fingerprint density at radius 2 is 1.68 bits per heavy atom. The lowest BCUT2D eigenvalue weighted by Crippen LogP contribution is -2.31. The fourth-order valence-electron chi connectivity index (χ4n) is 2.01. The third-order valence-electron chi connectivity index (χ3n) is 3.01. The molecule has 0 aliphatic heterocycles. The van der Waals surface area contributed by atoms with Crippen LogP contribution in [0.25, 0.3) is 0 Å². The van der Waals surface area contributed by atoms with Gasteiger partial charge in [0.05, 0.1) is 6.54 Å². The normalized spacial score (nSPS) is 10.2. The summed E-state index contributed by atoms with van der Waals surface area (Å²) in [7, 11) is 0. The topological polar surface area (TPSA) is 20.3 Å². The first kappa shape index (κ1) is 13.6. The Morgan fingerprint density at radius 3 is 2.32 bits per heavy atom. The Labute approximate surface area is 118 Å². The summed E-state index contributed by atoms with van der Waals surface area (Å²) >= 11 is 5.72. The van der Waals surface area contributed by atoms with Gasteiger partial charge in [0.2, 0.25) is 5.91 Å². The van der Waals surface area contributed by atoms with Crippen LogP contribution in [0.2, 0.25) is 0 Å². The summed E-state index contributed by atoms with van der Waals surface area (Å²) in [6, 6.07) is 17.8. The molecule has 98 valence electrons. The van der Waals surface area contributed by atoms with Crippen LogP contribution < -0.4 is 4.90 Å². The van der Waals surface area contributed by atoms with Crippen LogP contribution in [0.3, 0.4) is 0 Å². The molecule has 0 fully saturated rings. The second-order valence-corrected chi connectivity index (χ2v) is 4.65. The zero-order valence-electron chi connectivity index (χ0n) is 10.8. The van der Waals surface area contributed by atoms with Crippen LogP contribution in [0.4, 0.5) is 5.69 Å². The first-order valence-corrected chi connectivity index (χ1v) is 6.71. The number of anilines is 1. The van der Waals surface area contributed by atoms with E-state index >= 15 is 0 Å². The molecule has 1 amide bonds. The molecule has 0 radical (unpaired) electrons. The monoisotopic (exact) mass is 273 g/mol. The second-order valence-electron chi connectivity index (χ2n) is 4.39. The van der Waals surface area contributed by atoms with E-state index in [0.717, 1.165) is 16.8 Å². The average molecular weight is 274 g/mol. The molecule has 2 rings (SSSR count). The number of halogens is 1. The number of rotatable bonds is 4. The fraction of sp³-hybridized carbons (Fsp3) is 0.188. The van der Waals surface area contributed by atoms with E-state index in [1.165, 1.54) is 0 Å². The van der Waals surface area contributed by atoms with Crippen molar-refractivity contribution in [2.45, 2.75) is 13.5 Å². The fourth-order valence-corrected chi connectivity index (χ4v) is 2.16. The van der Waals surface area contributed by atoms with E-state index in [4.69, 9.17) is 11.6 Å². The highest BCUT2D eigenvalue weighted by Gasteiger charge is 2.16. The van der Waals surface area contributed by atoms with Crippen molar-refractivity contribution in [1.82, 2.24) is 0 Å². The summed E-state index contributed by atoms with van der Waals surface area (Å²) in [5.41, 5.74) is 3.07. The van der Waals surface area contributed by atoms with Crippen LogP contribution in [-0.2, 0) is 11.3 Å². The van der Waals surface area contributed by atoms with Gasteiger partial charge in [-0.2, -0.15) is 0 Å². The van der Waals surface area contributed by atoms with Gasteiger partial charge in [0.25, 0.3) is 0 Å². The zero-order valence-corrected chi connectivity index (χ0v) is 11.6. The van der Waals surface area contributed by atoms with Gasteiger partial charge in [-0.15, -0.1) is 11.6 Å². The van der Waals surface area contributed by atoms with Gasteiger partial charge in [0, 0.05) is 5.69 Å². The molecule has 3 heteroatoms. The molecule has 0 aromatic heterocycles. The summed E-state index contributed by atoms with van der Waals surface area (Å²) < 4.78 is 0. The van der Waals surface area contributed by atoms with Crippen molar-refractivity contribution in [3.8, 4) is 0 Å². The van der Waals surface area contributed by atoms with Gasteiger partial charge in [-0.3, -0.25) is 4.79 Å². The molecule has 2 aromatic rings. The lowest BCUT2D eigenvalue weighted by Gasteiger charge is -2.24. The van der Waals surface area contributed by atoms with Crippen molar-refractivity contribution in [3.63, 3.8) is 0 Å². The molecule has 19 heavy (non-hydrogen) atoms. The summed E-state index contributed by atoms with van der Waals surface area (Å²) in [5.74, 6) is -0.0962. The minimum atomic E-state index is -0.0835. The van der Waals surface area contributed by atoms with E-state index in [9.17, 15) is 4.79 Å². The van der Waals surface area contributed by atoms with Crippen molar-refractivity contribution < 1.29 is 4.79 Å². The van der Waals surface area contributed by atoms with Crippen LogP contribution in [0, 0.1) is 6.92 Å². The number of amides is 1. The number of hydrogen-bond donors (Lipinski definition) is 0. The molecule has 0 spiro atoms. The summed E-state index contributed by atoms with van der Waals surface area (Å²) in [5, 5.41) is 0. The minimum absolute atomic E-state index is 0.0127. The molecule has 0 saturated carbocycles. The van der Waals surface area contributed by atoms with Crippen LogP contribution in [0.1, 0.15) is 11.1 Å². The molecular formula is C16H16ClNO. The second kappa shape index (κ2) is 6.39. The number of hydrogen-bond acceptors (Lipinski definition) is 1. The quantitative estimate of drug-likeness (QED) is 0.777. The summed E-state index contributed by atoms with van der Waals surface area (Å²) in [6.07, 6.45) is 0. The van der Waals surface area contributed by atoms with Crippen LogP contribution >= 0.6 is 11.6 Å². The van der Waals surface area contributed by atoms with E-state index < -0.39 is 0 Å². The number of benzene rings is 2. The maximum Gasteiger partial charge on any atom is 0.242 e. The predicted molar refractivity (Wildman–Crippen MR) is 79.5 cm³/mol. The van der Waals surface area contributed by atoms with E-state index in [1.54, 1.807) is 4.90 Å². The number of para-hydroxylation sites is 1. The smallest absolute Gasteiger partial charge is 0.242 e. The first-order valence-electron chi connectivity index (χ1n) is 6.18. The molecule has 0 atom stereocenters. The van der Waals surface area contributed by atoms with Gasteiger partial charge in [0.1, 0.15) is 5.88 Å². The zero-order chi connectivity index (χ0) is 13.7. The molecule has 2 aromatic carbocycles. The van der Waals surface area contributed by atoms with Crippen LogP contribution in [0.15, 0.2) is 54.6 Å². The van der Waals surface area contributed by atoms with Crippen LogP contribution in [0.5, 0.6) is 0 Å². The molecule has 2 nitrogen and oxygen atoms in total. The minimum Gasteiger partial charge on any atom is -0.307 e. The lowest BCUT2D eigenvalue weighted by molar-refractivity contribution is -0.116. The first-order chi connectivity index (χ1) is 9.22. The summed E-state index contributed by atoms with van der Waals surface area (Å²) in [6.45, 7) is 2.53. The van der Waals surface area contributed by atoms with Gasteiger partial charge in [0.15, 0.2) is 0 Å². The summed E-state index contributed by atoms with van der Waals surface area (Å²) in [4.78, 5) is 13.8. The van der Waals surface area contributed by atoms with Crippen molar-refractivity contribution >= 4 is 23.2 Å². The highest BCUT2D eigenvalue weighted by atomic mass is 35.5. The number of carbonyl (C=O) groups is 1. The van der Waals surface area contributed by atoms with E-state index in [2.05, 4.69) is 0 Å². The Kier molecular flexibility index (Phi) is 4.58. The standard InChI is InChI=1S/C16H16ClNO/c1-13-7-5-6-10-15(13)18(16(19)11-17)12-14-8-3-2-4-9-14/h2-10H,11-12H2,1H3. The SMILES string of the molecule is Cc1ccccc1N(Cc1ccccc1)C(=O)CCl. The molecule has 0 bridgehead atoms. The van der Waals surface area contributed by atoms with Crippen molar-refractivity contribution in [3.05, 3.63) is 65.7 Å². The predicted octanol–water partition coefficient (Wildman–Crippen LogP) is 3.77. The number of carbonyl (C=O) groups excluding carboxylic acids is 1. The van der Waals surface area contributed by atoms with Gasteiger partial charge < -0.3 is 4.90 Å². The molecule has 0 saturated heterocycles. The largest absolute Gasteiger partial charge is 0.307 e. The average Bonchev–Trinajstić information content (AvgIpc) is 2.46. The molecule has 0 N–H and O–H groups in total. The van der Waals surface area contributed by atoms with Gasteiger partial charge in [-0.25, -0.2) is 0 Å². The molecule has 0 aliphatic rings. The van der Waals surface area contributed by atoms with Gasteiger partial charge in [-0.1, -0.05) is 48.5 Å². The molecular weight excluding hydrogens is 258 g/mol. The number of aryl methyl sites for hydroxylation is 1. The van der Waals surface area contributed by atoms with E-state index in [-0.39, 0.29) is 11.8 Å². The lowest BCUT2D eigenvalue weighted by atomic mass is 10.1. The Bertz CT molecular complexity index is 554. The van der Waals surface area contributed by atoms with Crippen molar-refractivity contribution in [2.24, 2.45) is 0 Å². The van der Waals surface area contributed by atoms with Gasteiger partial charge >= 0.3 is 0 Å². The van der Waals surface area contributed by atoms with Gasteiger partial charge in [-0.05, 0) is 24.1 Å². The number of alkyl halides is 1. The Hall–Kier alpha value is -1.80. The highest BCUT2D eigenvalue weighted by molar-refractivity contribution is 6.29. The maximum atomic E-state index is 12.1. The maximum absolute atomic E-state index is 12.1. The molecule has 0 unspecified atom stereocenters. The van der Waals surface area contributed by atoms with Crippen LogP contribution in [-0.4, -0.2) is 11.8 Å². The highest BCUT2D eigenvalue weighted by Crippen LogP contribution is 2.22. The third-order valence-corrected chi connectivity index (χ3v) is 3.23. The Morgan fingerprint density at radius 1 is 1.05 bits per heavy atom. The molecule has 0 aliphatic carbocycles. The Balaban J connectivity index is 2.32. The van der Waals surface area contributed by atoms with E-state index in [0.29, 0.717) is 6.54 Å². The van der Waals surface area contributed by atoms with Crippen molar-refractivity contribution in [2.75, 3.05) is 10.8 Å². The number of nitrogens with zero attached hydrogens (tertiary/aromatic N) is 1. The third kappa shape index (κ3) is 3.36.